The van der Waals surface area contributed by atoms with Gasteiger partial charge in [-0.3, -0.25) is 24.6 Å². The van der Waals surface area contributed by atoms with Crippen molar-refractivity contribution in [2.75, 3.05) is 0 Å². The Bertz CT molecular complexity index is 821. The molecule has 9 nitrogen and oxygen atoms in total. The molecular formula is C14H10N2O7S2. The Kier molecular flexibility index (Phi) is 5.49. The molecule has 25 heavy (non-hydrogen) atoms. The lowest BCUT2D eigenvalue weighted by Crippen LogP contribution is -2.45. The summed E-state index contributed by atoms with van der Waals surface area (Å²) in [6.45, 7) is 0. The van der Waals surface area contributed by atoms with Crippen LogP contribution in [0.4, 0.5) is 5.69 Å². The van der Waals surface area contributed by atoms with Crippen molar-refractivity contribution in [2.45, 2.75) is 12.5 Å². The van der Waals surface area contributed by atoms with E-state index in [4.69, 9.17) is 17.3 Å². The van der Waals surface area contributed by atoms with Gasteiger partial charge in [0, 0.05) is 12.1 Å². The third-order valence-electron chi connectivity index (χ3n) is 3.17. The molecule has 1 saturated heterocycles. The molecule has 2 N–H and O–H groups in total. The van der Waals surface area contributed by atoms with Crippen LogP contribution in [0.15, 0.2) is 29.2 Å². The largest absolute Gasteiger partial charge is 0.481 e. The van der Waals surface area contributed by atoms with Crippen LogP contribution in [0.2, 0.25) is 0 Å². The maximum absolute atomic E-state index is 12.4. The lowest BCUT2D eigenvalue weighted by Gasteiger charge is -2.21. The summed E-state index contributed by atoms with van der Waals surface area (Å²) in [7, 11) is 0. The Morgan fingerprint density at radius 3 is 2.64 bits per heavy atom. The molecule has 2 rings (SSSR count). The summed E-state index contributed by atoms with van der Waals surface area (Å²) < 4.78 is -0.0877. The van der Waals surface area contributed by atoms with Crippen molar-refractivity contribution < 1.29 is 29.5 Å². The minimum Gasteiger partial charge on any atom is -0.481 e. The standard InChI is InChI=1S/C14H10N2O7S2/c17-11(18)6-9(13(20)21)15-12(19)10(25-14(15)24)5-7-2-1-3-8(4-7)16(22)23/h1-5,9H,6H2,(H,17,18)(H,20,21)/b10-5-/t9-/m1/s1. The van der Waals surface area contributed by atoms with Gasteiger partial charge in [0.05, 0.1) is 16.2 Å². The normalized spacial score (nSPS) is 17.0. The lowest BCUT2D eigenvalue weighted by molar-refractivity contribution is -0.384. The van der Waals surface area contributed by atoms with E-state index in [2.05, 4.69) is 0 Å². The Labute approximate surface area is 150 Å². The molecule has 0 radical (unpaired) electrons. The van der Waals surface area contributed by atoms with E-state index in [0.29, 0.717) is 5.56 Å². The molecule has 1 aromatic carbocycles. The number of benzene rings is 1. The molecule has 1 amide bonds. The predicted molar refractivity (Wildman–Crippen MR) is 91.8 cm³/mol. The molecule has 0 spiro atoms. The van der Waals surface area contributed by atoms with Gasteiger partial charge in [-0.25, -0.2) is 4.79 Å². The number of hydrogen-bond acceptors (Lipinski definition) is 7. The zero-order valence-electron chi connectivity index (χ0n) is 12.3. The van der Waals surface area contributed by atoms with Gasteiger partial charge >= 0.3 is 11.9 Å². The maximum atomic E-state index is 12.4. The molecule has 0 aliphatic carbocycles. The molecule has 130 valence electrons. The van der Waals surface area contributed by atoms with Crippen molar-refractivity contribution >= 4 is 57.9 Å². The fourth-order valence-electron chi connectivity index (χ4n) is 2.08. The zero-order chi connectivity index (χ0) is 18.7. The van der Waals surface area contributed by atoms with Gasteiger partial charge in [0.2, 0.25) is 0 Å². The number of nitrogens with zero attached hydrogens (tertiary/aromatic N) is 2. The summed E-state index contributed by atoms with van der Waals surface area (Å²) in [5.41, 5.74) is 0.193. The molecule has 1 heterocycles. The van der Waals surface area contributed by atoms with E-state index < -0.39 is 35.2 Å². The molecule has 1 aliphatic heterocycles. The number of carbonyl (C=O) groups excluding carboxylic acids is 1. The number of carbonyl (C=O) groups is 3. The first kappa shape index (κ1) is 18.5. The first-order chi connectivity index (χ1) is 11.7. The highest BCUT2D eigenvalue weighted by molar-refractivity contribution is 8.26. The van der Waals surface area contributed by atoms with Gasteiger partial charge < -0.3 is 10.2 Å². The van der Waals surface area contributed by atoms with E-state index in [1.165, 1.54) is 30.3 Å². The van der Waals surface area contributed by atoms with Gasteiger partial charge in [-0.2, -0.15) is 0 Å². The van der Waals surface area contributed by atoms with Crippen molar-refractivity contribution in [3.05, 3.63) is 44.8 Å². The minimum atomic E-state index is -1.62. The van der Waals surface area contributed by atoms with E-state index in [1.807, 2.05) is 0 Å². The van der Waals surface area contributed by atoms with Crippen molar-refractivity contribution in [1.82, 2.24) is 4.90 Å². The van der Waals surface area contributed by atoms with Crippen LogP contribution >= 0.6 is 24.0 Å². The lowest BCUT2D eigenvalue weighted by atomic mass is 10.1. The summed E-state index contributed by atoms with van der Waals surface area (Å²) in [5.74, 6) is -3.63. The summed E-state index contributed by atoms with van der Waals surface area (Å²) in [6, 6.07) is 3.88. The first-order valence-corrected chi connectivity index (χ1v) is 7.89. The highest BCUT2D eigenvalue weighted by Gasteiger charge is 2.41. The molecule has 0 bridgehead atoms. The monoisotopic (exact) mass is 382 g/mol. The molecular weight excluding hydrogens is 372 g/mol. The van der Waals surface area contributed by atoms with Gasteiger partial charge in [0.1, 0.15) is 10.4 Å². The highest BCUT2D eigenvalue weighted by Crippen LogP contribution is 2.35. The van der Waals surface area contributed by atoms with Crippen LogP contribution in [-0.2, 0) is 14.4 Å². The number of rotatable bonds is 6. The number of carboxylic acids is 2. The predicted octanol–water partition coefficient (Wildman–Crippen LogP) is 1.72. The summed E-state index contributed by atoms with van der Waals surface area (Å²) in [5, 5.41) is 28.8. The number of aliphatic carboxylic acids is 2. The van der Waals surface area contributed by atoms with Crippen molar-refractivity contribution in [1.29, 1.82) is 0 Å². The average Bonchev–Trinajstić information content (AvgIpc) is 2.79. The van der Waals surface area contributed by atoms with Crippen molar-refractivity contribution in [3.63, 3.8) is 0 Å². The van der Waals surface area contributed by atoms with Gasteiger partial charge in [-0.05, 0) is 11.6 Å². The second kappa shape index (κ2) is 7.40. The molecule has 0 unspecified atom stereocenters. The van der Waals surface area contributed by atoms with Crippen molar-refractivity contribution in [3.8, 4) is 0 Å². The van der Waals surface area contributed by atoms with E-state index in [-0.39, 0.29) is 14.9 Å². The van der Waals surface area contributed by atoms with E-state index in [0.717, 1.165) is 16.7 Å². The van der Waals surface area contributed by atoms with Gasteiger partial charge in [-0.15, -0.1) is 0 Å². The van der Waals surface area contributed by atoms with E-state index in [1.54, 1.807) is 0 Å². The van der Waals surface area contributed by atoms with Crippen LogP contribution in [0.5, 0.6) is 0 Å². The molecule has 11 heteroatoms. The maximum Gasteiger partial charge on any atom is 0.327 e. The van der Waals surface area contributed by atoms with Gasteiger partial charge in [0.25, 0.3) is 11.6 Å². The second-order valence-electron chi connectivity index (χ2n) is 4.86. The number of hydrogen-bond donors (Lipinski definition) is 2. The SMILES string of the molecule is O=C(O)C[C@H](C(=O)O)N1C(=O)/C(=C/c2cccc([N+](=O)[O-])c2)SC1=S. The third-order valence-corrected chi connectivity index (χ3v) is 4.50. The quantitative estimate of drug-likeness (QED) is 0.326. The van der Waals surface area contributed by atoms with E-state index >= 15 is 0 Å². The smallest absolute Gasteiger partial charge is 0.327 e. The Hall–Kier alpha value is -2.79. The molecule has 0 aromatic heterocycles. The summed E-state index contributed by atoms with van der Waals surface area (Å²) >= 11 is 5.80. The Morgan fingerprint density at radius 1 is 1.40 bits per heavy atom. The van der Waals surface area contributed by atoms with Crippen LogP contribution < -0.4 is 0 Å². The van der Waals surface area contributed by atoms with E-state index in [9.17, 15) is 29.6 Å². The van der Waals surface area contributed by atoms with Gasteiger partial charge in [-0.1, -0.05) is 36.1 Å². The molecule has 1 aliphatic rings. The number of thiocarbonyl (C=S) groups is 1. The number of amides is 1. The number of nitro groups is 1. The first-order valence-electron chi connectivity index (χ1n) is 6.67. The Morgan fingerprint density at radius 2 is 2.08 bits per heavy atom. The van der Waals surface area contributed by atoms with Crippen LogP contribution in [-0.4, -0.2) is 48.2 Å². The fraction of sp³-hybridized carbons (Fsp3) is 0.143. The second-order valence-corrected chi connectivity index (χ2v) is 6.53. The van der Waals surface area contributed by atoms with Crippen LogP contribution in [0.1, 0.15) is 12.0 Å². The topological polar surface area (TPSA) is 138 Å². The third kappa shape index (κ3) is 4.19. The summed E-state index contributed by atoms with van der Waals surface area (Å²) in [4.78, 5) is 45.5. The van der Waals surface area contributed by atoms with Crippen LogP contribution in [0.3, 0.4) is 0 Å². The summed E-state index contributed by atoms with van der Waals surface area (Å²) in [6.07, 6.45) is 0.540. The fourth-order valence-corrected chi connectivity index (χ4v) is 3.44. The average molecular weight is 382 g/mol. The number of nitro benzene ring substituents is 1. The number of thioether (sulfide) groups is 1. The van der Waals surface area contributed by atoms with Crippen LogP contribution in [0, 0.1) is 10.1 Å². The molecule has 1 atom stereocenters. The van der Waals surface area contributed by atoms with Crippen molar-refractivity contribution in [2.24, 2.45) is 0 Å². The Balaban J connectivity index is 2.34. The molecule has 0 saturated carbocycles. The molecule has 1 fully saturated rings. The number of carboxylic acid groups (broad SMARTS) is 2. The minimum absolute atomic E-state index is 0.0575. The highest BCUT2D eigenvalue weighted by atomic mass is 32.2. The number of non-ortho nitro benzene ring substituents is 1. The van der Waals surface area contributed by atoms with Crippen LogP contribution in [0.25, 0.3) is 6.08 Å². The van der Waals surface area contributed by atoms with Gasteiger partial charge in [0.15, 0.2) is 0 Å². The zero-order valence-corrected chi connectivity index (χ0v) is 14.0. The molecule has 1 aromatic rings.